The third kappa shape index (κ3) is 588. The summed E-state index contributed by atoms with van der Waals surface area (Å²) >= 11 is 0. The van der Waals surface area contributed by atoms with Gasteiger partial charge in [-0.2, -0.15) is 0 Å². The van der Waals surface area contributed by atoms with Crippen molar-refractivity contribution in [3.05, 3.63) is 0 Å². The number of carbonyl (C=O) groups excluding carboxylic acids is 1. The minimum atomic E-state index is -0.211. The first-order chi connectivity index (χ1) is 8.43. The van der Waals surface area contributed by atoms with Crippen molar-refractivity contribution in [3.63, 3.8) is 0 Å². The highest BCUT2D eigenvalue weighted by molar-refractivity contribution is 5.65. The van der Waals surface area contributed by atoms with Crippen molar-refractivity contribution in [2.45, 2.75) is 41.5 Å². The van der Waals surface area contributed by atoms with Crippen molar-refractivity contribution in [3.8, 4) is 0 Å². The summed E-state index contributed by atoms with van der Waals surface area (Å²) in [5.74, 6) is -0.211. The van der Waals surface area contributed by atoms with Gasteiger partial charge in [0.25, 0.3) is 0 Å². The Balaban J connectivity index is -0.0000000412. The standard InChI is InChI=1S/C4H8O2.4C2H6O/c1-3-6-4(2)5;4*1-2-3/h3H2,1-2H3;4*3H,2H2,1H3. The second kappa shape index (κ2) is 55.4. The molecule has 0 spiro atoms. The van der Waals surface area contributed by atoms with E-state index in [1.807, 2.05) is 0 Å². The minimum absolute atomic E-state index is 0.211. The van der Waals surface area contributed by atoms with Gasteiger partial charge in [-0.15, -0.1) is 0 Å². The summed E-state index contributed by atoms with van der Waals surface area (Å²) in [6.07, 6.45) is 0. The molecule has 0 aromatic carbocycles. The smallest absolute Gasteiger partial charge is 0.302 e. The number of hydrogen-bond donors (Lipinski definition) is 4. The predicted molar refractivity (Wildman–Crippen MR) is 73.3 cm³/mol. The lowest BCUT2D eigenvalue weighted by Gasteiger charge is -1.89. The Hall–Kier alpha value is -0.690. The van der Waals surface area contributed by atoms with E-state index in [4.69, 9.17) is 20.4 Å². The number of ether oxygens (including phenoxy) is 1. The number of carbonyl (C=O) groups is 1. The molecule has 0 aliphatic carbocycles. The molecule has 0 radical (unpaired) electrons. The Morgan fingerprint density at radius 1 is 0.778 bits per heavy atom. The van der Waals surface area contributed by atoms with E-state index >= 15 is 0 Å². The third-order valence-electron chi connectivity index (χ3n) is 0.348. The Labute approximate surface area is 111 Å². The van der Waals surface area contributed by atoms with Gasteiger partial charge in [0.2, 0.25) is 0 Å². The van der Waals surface area contributed by atoms with Gasteiger partial charge in [-0.1, -0.05) is 0 Å². The zero-order valence-electron chi connectivity index (χ0n) is 12.6. The van der Waals surface area contributed by atoms with Gasteiger partial charge < -0.3 is 25.2 Å². The summed E-state index contributed by atoms with van der Waals surface area (Å²) in [6.45, 7) is 11.4. The summed E-state index contributed by atoms with van der Waals surface area (Å²) in [4.78, 5) is 9.82. The molecule has 0 aromatic rings. The molecule has 0 bridgehead atoms. The van der Waals surface area contributed by atoms with Crippen molar-refractivity contribution < 1.29 is 30.0 Å². The largest absolute Gasteiger partial charge is 0.466 e. The molecule has 18 heavy (non-hydrogen) atoms. The number of hydrogen-bond acceptors (Lipinski definition) is 6. The van der Waals surface area contributed by atoms with Gasteiger partial charge in [0.05, 0.1) is 6.61 Å². The van der Waals surface area contributed by atoms with Crippen molar-refractivity contribution in [2.24, 2.45) is 0 Å². The molecule has 4 N–H and O–H groups in total. The van der Waals surface area contributed by atoms with E-state index in [-0.39, 0.29) is 32.4 Å². The zero-order valence-corrected chi connectivity index (χ0v) is 12.6. The lowest BCUT2D eigenvalue weighted by molar-refractivity contribution is -0.140. The first kappa shape index (κ1) is 30.4. The van der Waals surface area contributed by atoms with Crippen LogP contribution < -0.4 is 0 Å². The third-order valence-corrected chi connectivity index (χ3v) is 0.348. The van der Waals surface area contributed by atoms with Crippen LogP contribution in [0.5, 0.6) is 0 Å². The molecule has 0 saturated heterocycles. The lowest BCUT2D eigenvalue weighted by atomic mass is 10.8. The first-order valence-corrected chi connectivity index (χ1v) is 6.00. The zero-order chi connectivity index (χ0) is 15.8. The Kier molecular flexibility index (Phi) is 93.5. The fraction of sp³-hybridized carbons (Fsp3) is 0.917. The Morgan fingerprint density at radius 2 is 0.944 bits per heavy atom. The molecule has 0 aromatic heterocycles. The monoisotopic (exact) mass is 272 g/mol. The lowest BCUT2D eigenvalue weighted by Crippen LogP contribution is -1.95. The molecule has 0 aliphatic rings. The quantitative estimate of drug-likeness (QED) is 0.520. The fourth-order valence-corrected chi connectivity index (χ4v) is 0.203. The van der Waals surface area contributed by atoms with Crippen LogP contribution in [0.25, 0.3) is 0 Å². The van der Waals surface area contributed by atoms with Crippen LogP contribution in [0, 0.1) is 0 Å². The molecule has 0 unspecified atom stereocenters. The van der Waals surface area contributed by atoms with Gasteiger partial charge in [-0.25, -0.2) is 0 Å². The minimum Gasteiger partial charge on any atom is -0.466 e. The van der Waals surface area contributed by atoms with Crippen molar-refractivity contribution >= 4 is 5.97 Å². The Morgan fingerprint density at radius 3 is 0.944 bits per heavy atom. The van der Waals surface area contributed by atoms with Crippen molar-refractivity contribution in [1.82, 2.24) is 0 Å². The Bertz CT molecular complexity index is 90.6. The molecule has 0 saturated carbocycles. The predicted octanol–water partition coefficient (Wildman–Crippen LogP) is 0.564. The molecule has 116 valence electrons. The molecule has 0 rings (SSSR count). The molecule has 0 fully saturated rings. The van der Waals surface area contributed by atoms with Gasteiger partial charge >= 0.3 is 5.97 Å². The highest BCUT2D eigenvalue weighted by Gasteiger charge is 1.81. The van der Waals surface area contributed by atoms with Crippen molar-refractivity contribution in [1.29, 1.82) is 0 Å². The van der Waals surface area contributed by atoms with E-state index in [9.17, 15) is 4.79 Å². The van der Waals surface area contributed by atoms with E-state index in [1.165, 1.54) is 6.92 Å². The normalized spacial score (nSPS) is 6.56. The summed E-state index contributed by atoms with van der Waals surface area (Å²) in [5, 5.41) is 30.3. The van der Waals surface area contributed by atoms with Crippen LogP contribution in [0.2, 0.25) is 0 Å². The van der Waals surface area contributed by atoms with Crippen LogP contribution in [0.3, 0.4) is 0 Å². The second-order valence-corrected chi connectivity index (χ2v) is 2.19. The average molecular weight is 272 g/mol. The topological polar surface area (TPSA) is 107 Å². The van der Waals surface area contributed by atoms with Crippen LogP contribution in [-0.2, 0) is 9.53 Å². The molecule has 0 amide bonds. The van der Waals surface area contributed by atoms with Crippen LogP contribution in [0.15, 0.2) is 0 Å². The molecule has 0 heterocycles. The molecule has 0 atom stereocenters. The van der Waals surface area contributed by atoms with Crippen LogP contribution >= 0.6 is 0 Å². The molecular formula is C12H32O6. The van der Waals surface area contributed by atoms with Gasteiger partial charge in [-0.3, -0.25) is 4.79 Å². The summed E-state index contributed by atoms with van der Waals surface area (Å²) in [6, 6.07) is 0. The maximum atomic E-state index is 9.82. The van der Waals surface area contributed by atoms with Gasteiger partial charge in [0.15, 0.2) is 0 Å². The van der Waals surface area contributed by atoms with E-state index in [1.54, 1.807) is 34.6 Å². The second-order valence-electron chi connectivity index (χ2n) is 2.19. The van der Waals surface area contributed by atoms with E-state index in [0.29, 0.717) is 6.61 Å². The van der Waals surface area contributed by atoms with E-state index in [0.717, 1.165) is 0 Å². The maximum Gasteiger partial charge on any atom is 0.302 e. The van der Waals surface area contributed by atoms with Crippen LogP contribution in [-0.4, -0.2) is 59.4 Å². The van der Waals surface area contributed by atoms with Gasteiger partial charge in [0.1, 0.15) is 0 Å². The van der Waals surface area contributed by atoms with Crippen LogP contribution in [0.1, 0.15) is 41.5 Å². The number of rotatable bonds is 1. The summed E-state index contributed by atoms with van der Waals surface area (Å²) in [7, 11) is 0. The number of aliphatic hydroxyl groups is 4. The van der Waals surface area contributed by atoms with Crippen molar-refractivity contribution in [2.75, 3.05) is 33.0 Å². The average Bonchev–Trinajstić information content (AvgIpc) is 2.21. The van der Waals surface area contributed by atoms with Crippen LogP contribution in [0.4, 0.5) is 0 Å². The SMILES string of the molecule is CCO.CCO.CCO.CCO.CCOC(C)=O. The molecule has 0 aliphatic heterocycles. The summed E-state index contributed by atoms with van der Waals surface area (Å²) in [5.41, 5.74) is 0. The van der Waals surface area contributed by atoms with E-state index in [2.05, 4.69) is 4.74 Å². The highest BCUT2D eigenvalue weighted by atomic mass is 16.5. The number of aliphatic hydroxyl groups excluding tert-OH is 4. The molecule has 6 nitrogen and oxygen atoms in total. The summed E-state index contributed by atoms with van der Waals surface area (Å²) < 4.78 is 4.40. The van der Waals surface area contributed by atoms with Gasteiger partial charge in [0, 0.05) is 33.4 Å². The molecule has 6 heteroatoms. The molecular weight excluding hydrogens is 240 g/mol. The fourth-order valence-electron chi connectivity index (χ4n) is 0.203. The first-order valence-electron chi connectivity index (χ1n) is 6.00. The maximum absolute atomic E-state index is 9.82. The number of esters is 1. The van der Waals surface area contributed by atoms with Gasteiger partial charge in [-0.05, 0) is 34.6 Å². The highest BCUT2D eigenvalue weighted by Crippen LogP contribution is 1.69. The van der Waals surface area contributed by atoms with E-state index < -0.39 is 0 Å².